The van der Waals surface area contributed by atoms with Gasteiger partial charge in [0.05, 0.1) is 0 Å². The van der Waals surface area contributed by atoms with Gasteiger partial charge in [0.1, 0.15) is 5.76 Å². The molecular formula is C11H14BrNO. The lowest BCUT2D eigenvalue weighted by Crippen LogP contribution is -2.44. The lowest BCUT2D eigenvalue weighted by Gasteiger charge is -2.34. The highest BCUT2D eigenvalue weighted by atomic mass is 79.9. The highest BCUT2D eigenvalue weighted by molar-refractivity contribution is 9.10. The fourth-order valence-corrected chi connectivity index (χ4v) is 3.35. The van der Waals surface area contributed by atoms with Gasteiger partial charge in [0.2, 0.25) is 0 Å². The van der Waals surface area contributed by atoms with Crippen molar-refractivity contribution in [3.8, 4) is 0 Å². The highest BCUT2D eigenvalue weighted by Gasteiger charge is 2.40. The zero-order valence-electron chi connectivity index (χ0n) is 8.11. The van der Waals surface area contributed by atoms with Crippen molar-refractivity contribution < 1.29 is 4.42 Å². The van der Waals surface area contributed by atoms with Crippen LogP contribution >= 0.6 is 15.9 Å². The first-order valence-electron chi connectivity index (χ1n) is 5.34. The van der Waals surface area contributed by atoms with Gasteiger partial charge < -0.3 is 9.73 Å². The summed E-state index contributed by atoms with van der Waals surface area (Å²) in [4.78, 5) is 0. The van der Waals surface area contributed by atoms with Crippen molar-refractivity contribution in [2.24, 2.45) is 0 Å². The summed E-state index contributed by atoms with van der Waals surface area (Å²) in [5.41, 5.74) is 1.66. The summed E-state index contributed by atoms with van der Waals surface area (Å²) in [5.74, 6) is 1.19. The van der Waals surface area contributed by atoms with Gasteiger partial charge in [-0.1, -0.05) is 12.8 Å². The first kappa shape index (κ1) is 8.98. The van der Waals surface area contributed by atoms with Gasteiger partial charge in [0.25, 0.3) is 0 Å². The van der Waals surface area contributed by atoms with E-state index in [-0.39, 0.29) is 5.54 Å². The summed E-state index contributed by atoms with van der Waals surface area (Å²) in [7, 11) is 0. The summed E-state index contributed by atoms with van der Waals surface area (Å²) >= 11 is 3.43. The van der Waals surface area contributed by atoms with Gasteiger partial charge in [-0.3, -0.25) is 0 Å². The zero-order chi connectivity index (χ0) is 9.60. The van der Waals surface area contributed by atoms with Crippen LogP contribution in [0.5, 0.6) is 0 Å². The lowest BCUT2D eigenvalue weighted by molar-refractivity contribution is 0.304. The maximum atomic E-state index is 5.67. The van der Waals surface area contributed by atoms with E-state index < -0.39 is 0 Å². The van der Waals surface area contributed by atoms with Crippen LogP contribution in [-0.4, -0.2) is 6.54 Å². The number of hydrogen-bond acceptors (Lipinski definition) is 2. The molecule has 76 valence electrons. The Morgan fingerprint density at radius 2 is 2.14 bits per heavy atom. The van der Waals surface area contributed by atoms with E-state index >= 15 is 0 Å². The van der Waals surface area contributed by atoms with Crippen molar-refractivity contribution in [1.82, 2.24) is 5.32 Å². The first-order valence-corrected chi connectivity index (χ1v) is 6.13. The second kappa shape index (κ2) is 3.11. The van der Waals surface area contributed by atoms with E-state index in [2.05, 4.69) is 27.3 Å². The average Bonchev–Trinajstić information content (AvgIpc) is 2.74. The predicted octanol–water partition coefficient (Wildman–Crippen LogP) is 2.96. The molecule has 1 fully saturated rings. The number of halogens is 1. The molecular weight excluding hydrogens is 242 g/mol. The number of rotatable bonds is 0. The van der Waals surface area contributed by atoms with Gasteiger partial charge >= 0.3 is 0 Å². The Balaban J connectivity index is 2.09. The highest BCUT2D eigenvalue weighted by Crippen LogP contribution is 2.43. The predicted molar refractivity (Wildman–Crippen MR) is 58.3 cm³/mol. The standard InChI is InChI=1S/C11H14BrNO/c12-10-7-8-9(14-10)3-6-13-11(8)4-1-2-5-11/h7,13H,1-6H2. The molecule has 0 radical (unpaired) electrons. The Kier molecular flexibility index (Phi) is 1.99. The molecule has 0 aromatic carbocycles. The molecule has 1 spiro atoms. The normalized spacial score (nSPS) is 24.1. The summed E-state index contributed by atoms with van der Waals surface area (Å²) in [6.45, 7) is 1.06. The van der Waals surface area contributed by atoms with Crippen molar-refractivity contribution in [3.05, 3.63) is 22.1 Å². The fourth-order valence-electron chi connectivity index (χ4n) is 2.92. The first-order chi connectivity index (χ1) is 6.80. The molecule has 0 atom stereocenters. The van der Waals surface area contributed by atoms with Crippen molar-refractivity contribution >= 4 is 15.9 Å². The number of fused-ring (bicyclic) bond motifs is 2. The number of hydrogen-bond donors (Lipinski definition) is 1. The van der Waals surface area contributed by atoms with Crippen LogP contribution in [-0.2, 0) is 12.0 Å². The molecule has 3 heteroatoms. The van der Waals surface area contributed by atoms with Crippen LogP contribution in [0.15, 0.2) is 15.2 Å². The molecule has 14 heavy (non-hydrogen) atoms. The van der Waals surface area contributed by atoms with Gasteiger partial charge in [-0.15, -0.1) is 0 Å². The fraction of sp³-hybridized carbons (Fsp3) is 0.636. The molecule has 1 aromatic rings. The molecule has 2 nitrogen and oxygen atoms in total. The quantitative estimate of drug-likeness (QED) is 0.772. The minimum absolute atomic E-state index is 0.253. The summed E-state index contributed by atoms with van der Waals surface area (Å²) in [5, 5.41) is 3.68. The molecule has 1 aliphatic carbocycles. The summed E-state index contributed by atoms with van der Waals surface area (Å²) < 4.78 is 6.56. The Bertz CT molecular complexity index is 352. The topological polar surface area (TPSA) is 25.2 Å². The van der Waals surface area contributed by atoms with Gasteiger partial charge in [-0.2, -0.15) is 0 Å². The molecule has 1 saturated carbocycles. The van der Waals surface area contributed by atoms with E-state index in [4.69, 9.17) is 4.42 Å². The Morgan fingerprint density at radius 1 is 1.36 bits per heavy atom. The number of nitrogens with one attached hydrogen (secondary N) is 1. The van der Waals surface area contributed by atoms with E-state index in [0.29, 0.717) is 0 Å². The third-order valence-electron chi connectivity index (χ3n) is 3.57. The molecule has 2 aliphatic rings. The Hall–Kier alpha value is -0.280. The van der Waals surface area contributed by atoms with Crippen LogP contribution < -0.4 is 5.32 Å². The van der Waals surface area contributed by atoms with E-state index in [1.165, 1.54) is 37.0 Å². The summed E-state index contributed by atoms with van der Waals surface area (Å²) in [6, 6.07) is 2.16. The van der Waals surface area contributed by atoms with Gasteiger partial charge in [0, 0.05) is 24.1 Å². The van der Waals surface area contributed by atoms with Gasteiger partial charge in [-0.05, 0) is 34.8 Å². The van der Waals surface area contributed by atoms with Crippen LogP contribution in [0.3, 0.4) is 0 Å². The molecule has 0 amide bonds. The van der Waals surface area contributed by atoms with E-state index in [9.17, 15) is 0 Å². The second-order valence-electron chi connectivity index (χ2n) is 4.35. The molecule has 3 rings (SSSR count). The largest absolute Gasteiger partial charge is 0.454 e. The maximum absolute atomic E-state index is 5.67. The molecule has 0 bridgehead atoms. The maximum Gasteiger partial charge on any atom is 0.169 e. The molecule has 1 aliphatic heterocycles. The molecule has 1 aromatic heterocycles. The Labute approximate surface area is 92.2 Å². The zero-order valence-corrected chi connectivity index (χ0v) is 9.69. The summed E-state index contributed by atoms with van der Waals surface area (Å²) in [6.07, 6.45) is 6.26. The third kappa shape index (κ3) is 1.18. The van der Waals surface area contributed by atoms with Crippen LogP contribution in [0.2, 0.25) is 0 Å². The number of furan rings is 1. The average molecular weight is 256 g/mol. The van der Waals surface area contributed by atoms with Crippen molar-refractivity contribution in [2.75, 3.05) is 6.54 Å². The molecule has 0 unspecified atom stereocenters. The SMILES string of the molecule is Brc1cc2c(o1)CCNC21CCCC1. The van der Waals surface area contributed by atoms with E-state index in [1.54, 1.807) is 0 Å². The van der Waals surface area contributed by atoms with Crippen molar-refractivity contribution in [3.63, 3.8) is 0 Å². The van der Waals surface area contributed by atoms with Crippen LogP contribution in [0.25, 0.3) is 0 Å². The molecule has 0 saturated heterocycles. The van der Waals surface area contributed by atoms with Gasteiger partial charge in [-0.25, -0.2) is 0 Å². The molecule has 2 heterocycles. The van der Waals surface area contributed by atoms with Crippen LogP contribution in [0, 0.1) is 0 Å². The van der Waals surface area contributed by atoms with E-state index in [1.807, 2.05) is 0 Å². The lowest BCUT2D eigenvalue weighted by atomic mass is 9.85. The van der Waals surface area contributed by atoms with E-state index in [0.717, 1.165) is 17.6 Å². The molecule has 1 N–H and O–H groups in total. The van der Waals surface area contributed by atoms with Gasteiger partial charge in [0.15, 0.2) is 4.67 Å². The minimum Gasteiger partial charge on any atom is -0.454 e. The Morgan fingerprint density at radius 3 is 2.93 bits per heavy atom. The third-order valence-corrected chi connectivity index (χ3v) is 3.96. The monoisotopic (exact) mass is 255 g/mol. The van der Waals surface area contributed by atoms with Crippen LogP contribution in [0.4, 0.5) is 0 Å². The second-order valence-corrected chi connectivity index (χ2v) is 5.13. The minimum atomic E-state index is 0.253. The van der Waals surface area contributed by atoms with Crippen LogP contribution in [0.1, 0.15) is 37.0 Å². The van der Waals surface area contributed by atoms with Crippen molar-refractivity contribution in [1.29, 1.82) is 0 Å². The smallest absolute Gasteiger partial charge is 0.169 e. The van der Waals surface area contributed by atoms with Crippen molar-refractivity contribution in [2.45, 2.75) is 37.6 Å².